The highest BCUT2D eigenvalue weighted by atomic mass is 35.5. The zero-order valence-corrected chi connectivity index (χ0v) is 16.4. The van der Waals surface area contributed by atoms with Crippen LogP contribution in [-0.2, 0) is 0 Å². The van der Waals surface area contributed by atoms with Gasteiger partial charge in [0.1, 0.15) is 11.6 Å². The summed E-state index contributed by atoms with van der Waals surface area (Å²) in [6.45, 7) is 3.43. The summed E-state index contributed by atoms with van der Waals surface area (Å²) in [7, 11) is 0. The van der Waals surface area contributed by atoms with E-state index in [-0.39, 0.29) is 11.1 Å². The molecule has 148 valence electrons. The van der Waals surface area contributed by atoms with Crippen LogP contribution in [0.25, 0.3) is 0 Å². The number of oxime groups is 1. The van der Waals surface area contributed by atoms with Crippen LogP contribution in [0.4, 0.5) is 10.2 Å². The highest BCUT2D eigenvalue weighted by Crippen LogP contribution is 2.22. The molecule has 3 heterocycles. The summed E-state index contributed by atoms with van der Waals surface area (Å²) in [6, 6.07) is 4.97. The second-order valence-corrected chi connectivity index (χ2v) is 6.38. The molecular formula is C20H17ClFN5O2. The average Bonchev–Trinajstić information content (AvgIpc) is 2.72. The molecule has 0 aliphatic heterocycles. The number of hydrogen-bond acceptors (Lipinski definition) is 6. The van der Waals surface area contributed by atoms with Crippen molar-refractivity contribution in [3.63, 3.8) is 0 Å². The summed E-state index contributed by atoms with van der Waals surface area (Å²) in [6.07, 6.45) is 7.54. The van der Waals surface area contributed by atoms with Gasteiger partial charge in [0, 0.05) is 29.7 Å². The molecule has 1 N–H and O–H groups in total. The van der Waals surface area contributed by atoms with Crippen molar-refractivity contribution in [2.75, 3.05) is 5.32 Å². The summed E-state index contributed by atoms with van der Waals surface area (Å²) >= 11 is 6.02. The fourth-order valence-electron chi connectivity index (χ4n) is 2.41. The number of pyridine rings is 3. The second-order valence-electron chi connectivity index (χ2n) is 5.97. The summed E-state index contributed by atoms with van der Waals surface area (Å²) in [5.41, 5.74) is 1.73. The number of nitrogens with one attached hydrogen (secondary N) is 1. The highest BCUT2D eigenvalue weighted by molar-refractivity contribution is 6.31. The van der Waals surface area contributed by atoms with E-state index in [0.717, 1.165) is 6.20 Å². The Kier molecular flexibility index (Phi) is 6.46. The largest absolute Gasteiger partial charge is 0.353 e. The minimum Gasteiger partial charge on any atom is -0.353 e. The van der Waals surface area contributed by atoms with Gasteiger partial charge >= 0.3 is 0 Å². The monoisotopic (exact) mass is 413 g/mol. The van der Waals surface area contributed by atoms with Crippen LogP contribution in [0.2, 0.25) is 5.02 Å². The molecule has 0 fully saturated rings. The lowest BCUT2D eigenvalue weighted by atomic mass is 10.1. The summed E-state index contributed by atoms with van der Waals surface area (Å²) in [4.78, 5) is 29.6. The normalized spacial score (nSPS) is 11.2. The summed E-state index contributed by atoms with van der Waals surface area (Å²) < 4.78 is 13.6. The first kappa shape index (κ1) is 20.3. The predicted molar refractivity (Wildman–Crippen MR) is 108 cm³/mol. The molecule has 29 heavy (non-hydrogen) atoms. The van der Waals surface area contributed by atoms with E-state index in [0.29, 0.717) is 34.3 Å². The molecule has 0 aromatic carbocycles. The van der Waals surface area contributed by atoms with E-state index in [9.17, 15) is 9.18 Å². The van der Waals surface area contributed by atoms with Gasteiger partial charge in [-0.25, -0.2) is 9.37 Å². The Labute approximate surface area is 171 Å². The van der Waals surface area contributed by atoms with Crippen molar-refractivity contribution in [3.8, 4) is 5.75 Å². The van der Waals surface area contributed by atoms with E-state index >= 15 is 0 Å². The van der Waals surface area contributed by atoms with Crippen molar-refractivity contribution in [1.29, 1.82) is 0 Å². The number of halogens is 2. The third-order valence-corrected chi connectivity index (χ3v) is 4.37. The van der Waals surface area contributed by atoms with Gasteiger partial charge in [0.15, 0.2) is 5.75 Å². The molecule has 0 spiro atoms. The van der Waals surface area contributed by atoms with Crippen LogP contribution in [-0.4, -0.2) is 26.6 Å². The first-order chi connectivity index (χ1) is 14.0. The minimum atomic E-state index is -0.543. The Balaban J connectivity index is 1.73. The fourth-order valence-corrected chi connectivity index (χ4v) is 2.55. The quantitative estimate of drug-likeness (QED) is 0.477. The van der Waals surface area contributed by atoms with E-state index < -0.39 is 11.7 Å². The maximum Gasteiger partial charge on any atom is 0.258 e. The van der Waals surface area contributed by atoms with Gasteiger partial charge in [0.2, 0.25) is 0 Å². The number of anilines is 1. The molecule has 3 aromatic rings. The first-order valence-corrected chi connectivity index (χ1v) is 9.08. The predicted octanol–water partition coefficient (Wildman–Crippen LogP) is 4.42. The van der Waals surface area contributed by atoms with Gasteiger partial charge < -0.3 is 10.2 Å². The summed E-state index contributed by atoms with van der Waals surface area (Å²) in [5.74, 6) is -0.378. The molecule has 0 atom stereocenters. The van der Waals surface area contributed by atoms with Gasteiger partial charge in [-0.3, -0.25) is 14.8 Å². The Morgan fingerprint density at radius 3 is 2.72 bits per heavy atom. The Morgan fingerprint density at radius 2 is 2.03 bits per heavy atom. The number of amides is 1. The van der Waals surface area contributed by atoms with Crippen LogP contribution < -0.4 is 10.2 Å². The van der Waals surface area contributed by atoms with Crippen LogP contribution in [0, 0.1) is 12.7 Å². The van der Waals surface area contributed by atoms with Crippen molar-refractivity contribution in [2.24, 2.45) is 5.16 Å². The molecular weight excluding hydrogens is 397 g/mol. The second kappa shape index (κ2) is 9.20. The Hall–Kier alpha value is -3.39. The molecule has 0 aliphatic rings. The van der Waals surface area contributed by atoms with E-state index in [2.05, 4.69) is 25.4 Å². The maximum absolute atomic E-state index is 13.6. The van der Waals surface area contributed by atoms with Gasteiger partial charge in [0.25, 0.3) is 5.91 Å². The van der Waals surface area contributed by atoms with Crippen molar-refractivity contribution in [3.05, 3.63) is 76.7 Å². The highest BCUT2D eigenvalue weighted by Gasteiger charge is 2.13. The minimum absolute atomic E-state index is 0.147. The lowest BCUT2D eigenvalue weighted by Crippen LogP contribution is -2.15. The molecule has 7 nitrogen and oxygen atoms in total. The van der Waals surface area contributed by atoms with Crippen LogP contribution in [0.15, 0.2) is 54.3 Å². The molecule has 1 amide bonds. The van der Waals surface area contributed by atoms with Gasteiger partial charge in [-0.2, -0.15) is 0 Å². The smallest absolute Gasteiger partial charge is 0.258 e. The van der Waals surface area contributed by atoms with Crippen LogP contribution in [0.3, 0.4) is 0 Å². The van der Waals surface area contributed by atoms with Crippen LogP contribution in [0.1, 0.15) is 34.8 Å². The third-order valence-electron chi connectivity index (χ3n) is 4.06. The zero-order valence-electron chi connectivity index (χ0n) is 15.7. The SMILES string of the molecule is CC/C(=N\Oc1cnccc1Cl)c1ccc(NC(=O)c2cncc(F)c2C)nc1. The summed E-state index contributed by atoms with van der Waals surface area (Å²) in [5, 5.41) is 7.14. The number of hydrogen-bond donors (Lipinski definition) is 1. The van der Waals surface area contributed by atoms with Gasteiger partial charge in [0.05, 0.1) is 28.7 Å². The van der Waals surface area contributed by atoms with Crippen molar-refractivity contribution < 1.29 is 14.0 Å². The molecule has 0 aliphatic carbocycles. The first-order valence-electron chi connectivity index (χ1n) is 8.71. The van der Waals surface area contributed by atoms with E-state index in [1.807, 2.05) is 6.92 Å². The van der Waals surface area contributed by atoms with Crippen molar-refractivity contribution >= 4 is 29.0 Å². The maximum atomic E-state index is 13.6. The molecule has 0 saturated heterocycles. The number of carbonyl (C=O) groups excluding carboxylic acids is 1. The molecule has 0 saturated carbocycles. The molecule has 3 aromatic heterocycles. The molecule has 0 radical (unpaired) electrons. The molecule has 0 bridgehead atoms. The van der Waals surface area contributed by atoms with Gasteiger partial charge in [-0.15, -0.1) is 0 Å². The standard InChI is InChI=1S/C20H17ClFN5O2/c1-3-17(27-29-18-11-23-7-6-15(18)21)13-4-5-19(25-8-13)26-20(28)14-9-24-10-16(22)12(14)2/h4-11H,3H2,1-2H3,(H,25,26,28)/b27-17+. The molecule has 9 heteroatoms. The molecule has 0 unspecified atom stereocenters. The van der Waals surface area contributed by atoms with Crippen molar-refractivity contribution in [2.45, 2.75) is 20.3 Å². The van der Waals surface area contributed by atoms with E-state index in [4.69, 9.17) is 16.4 Å². The number of aromatic nitrogens is 3. The van der Waals surface area contributed by atoms with Crippen molar-refractivity contribution in [1.82, 2.24) is 15.0 Å². The topological polar surface area (TPSA) is 89.4 Å². The number of rotatable bonds is 6. The Bertz CT molecular complexity index is 1060. The lowest BCUT2D eigenvalue weighted by molar-refractivity contribution is 0.102. The van der Waals surface area contributed by atoms with Crippen LogP contribution >= 0.6 is 11.6 Å². The zero-order chi connectivity index (χ0) is 20.8. The number of carbonyl (C=O) groups is 1. The van der Waals surface area contributed by atoms with Gasteiger partial charge in [-0.1, -0.05) is 23.7 Å². The molecule has 3 rings (SSSR count). The van der Waals surface area contributed by atoms with Crippen LogP contribution in [0.5, 0.6) is 5.75 Å². The fraction of sp³-hybridized carbons (Fsp3) is 0.150. The average molecular weight is 414 g/mol. The number of nitrogens with zero attached hydrogens (tertiary/aromatic N) is 4. The Morgan fingerprint density at radius 1 is 1.21 bits per heavy atom. The lowest BCUT2D eigenvalue weighted by Gasteiger charge is -2.08. The van der Waals surface area contributed by atoms with E-state index in [1.54, 1.807) is 30.6 Å². The van der Waals surface area contributed by atoms with Gasteiger partial charge in [-0.05, 0) is 31.5 Å². The third kappa shape index (κ3) is 4.91. The van der Waals surface area contributed by atoms with E-state index in [1.165, 1.54) is 19.3 Å².